The van der Waals surface area contributed by atoms with Crippen LogP contribution in [-0.2, 0) is 4.79 Å². The largest absolute Gasteiger partial charge is 0.341 e. The van der Waals surface area contributed by atoms with Crippen molar-refractivity contribution in [2.75, 3.05) is 26.2 Å². The van der Waals surface area contributed by atoms with Crippen LogP contribution in [0.25, 0.3) is 0 Å². The van der Waals surface area contributed by atoms with E-state index in [4.69, 9.17) is 0 Å². The Morgan fingerprint density at radius 2 is 1.94 bits per heavy atom. The molecule has 0 saturated carbocycles. The van der Waals surface area contributed by atoms with Gasteiger partial charge in [-0.2, -0.15) is 0 Å². The summed E-state index contributed by atoms with van der Waals surface area (Å²) < 4.78 is 0. The Kier molecular flexibility index (Phi) is 5.86. The number of nitrogens with one attached hydrogen (secondary N) is 1. The molecule has 1 fully saturated rings. The number of hydrogen-bond acceptors (Lipinski definition) is 2. The van der Waals surface area contributed by atoms with Gasteiger partial charge in [0.05, 0.1) is 0 Å². The summed E-state index contributed by atoms with van der Waals surface area (Å²) in [6.07, 6.45) is 6.18. The molecule has 0 spiro atoms. The van der Waals surface area contributed by atoms with Crippen molar-refractivity contribution in [1.29, 1.82) is 0 Å². The maximum Gasteiger partial charge on any atom is 0.226 e. The van der Waals surface area contributed by atoms with E-state index < -0.39 is 0 Å². The van der Waals surface area contributed by atoms with E-state index in [1.165, 1.54) is 0 Å². The van der Waals surface area contributed by atoms with Crippen LogP contribution < -0.4 is 5.32 Å². The fourth-order valence-corrected chi connectivity index (χ4v) is 2.02. The van der Waals surface area contributed by atoms with Crippen LogP contribution in [0.4, 0.5) is 0 Å². The summed E-state index contributed by atoms with van der Waals surface area (Å²) in [6.45, 7) is 11.0. The first-order valence-electron chi connectivity index (χ1n) is 6.01. The summed E-state index contributed by atoms with van der Waals surface area (Å²) in [7, 11) is 0. The average molecular weight is 222 g/mol. The molecule has 0 aromatic heterocycles. The second-order valence-corrected chi connectivity index (χ2v) is 4.17. The van der Waals surface area contributed by atoms with Gasteiger partial charge in [0.25, 0.3) is 0 Å². The predicted octanol–water partition coefficient (Wildman–Crippen LogP) is 1.58. The molecule has 0 aromatic rings. The van der Waals surface area contributed by atoms with Crippen molar-refractivity contribution in [1.82, 2.24) is 10.2 Å². The molecule has 0 unspecified atom stereocenters. The highest BCUT2D eigenvalue weighted by atomic mass is 16.2. The Bertz CT molecular complexity index is 232. The van der Waals surface area contributed by atoms with Crippen molar-refractivity contribution in [2.45, 2.75) is 19.3 Å². The molecule has 0 radical (unpaired) electrons. The lowest BCUT2D eigenvalue weighted by atomic mass is 9.99. The topological polar surface area (TPSA) is 32.3 Å². The van der Waals surface area contributed by atoms with Crippen molar-refractivity contribution in [3.63, 3.8) is 0 Å². The van der Waals surface area contributed by atoms with Crippen molar-refractivity contribution < 1.29 is 4.79 Å². The second kappa shape index (κ2) is 7.23. The Hall–Kier alpha value is -1.09. The van der Waals surface area contributed by atoms with Crippen LogP contribution in [-0.4, -0.2) is 37.0 Å². The van der Waals surface area contributed by atoms with E-state index >= 15 is 0 Å². The lowest BCUT2D eigenvalue weighted by Crippen LogP contribution is -2.38. The first-order valence-corrected chi connectivity index (χ1v) is 6.01. The predicted molar refractivity (Wildman–Crippen MR) is 67.2 cm³/mol. The van der Waals surface area contributed by atoms with Crippen LogP contribution in [0.3, 0.4) is 0 Å². The summed E-state index contributed by atoms with van der Waals surface area (Å²) in [6, 6.07) is 0. The Balaban J connectivity index is 2.56. The first-order chi connectivity index (χ1) is 7.79. The van der Waals surface area contributed by atoms with Crippen molar-refractivity contribution in [3.05, 3.63) is 25.3 Å². The fraction of sp³-hybridized carbons (Fsp3) is 0.615. The van der Waals surface area contributed by atoms with Crippen LogP contribution >= 0.6 is 0 Å². The minimum Gasteiger partial charge on any atom is -0.341 e. The average Bonchev–Trinajstić information content (AvgIpc) is 2.56. The van der Waals surface area contributed by atoms with Crippen LogP contribution in [0.1, 0.15) is 19.3 Å². The highest BCUT2D eigenvalue weighted by molar-refractivity contribution is 5.79. The number of carbonyl (C=O) groups is 1. The van der Waals surface area contributed by atoms with Gasteiger partial charge in [0.15, 0.2) is 0 Å². The minimum atomic E-state index is 0.0353. The highest BCUT2D eigenvalue weighted by Crippen LogP contribution is 2.14. The Morgan fingerprint density at radius 1 is 1.25 bits per heavy atom. The Labute approximate surface area is 98.2 Å². The van der Waals surface area contributed by atoms with E-state index in [1.807, 2.05) is 17.1 Å². The van der Waals surface area contributed by atoms with Gasteiger partial charge < -0.3 is 10.2 Å². The normalized spacial score (nSPS) is 16.9. The SMILES string of the molecule is C=CCC(CC=C)C(=O)N1CCCNCC1. The van der Waals surface area contributed by atoms with Gasteiger partial charge in [-0.1, -0.05) is 12.2 Å². The van der Waals surface area contributed by atoms with Crippen molar-refractivity contribution in [2.24, 2.45) is 5.92 Å². The lowest BCUT2D eigenvalue weighted by Gasteiger charge is -2.24. The molecule has 3 heteroatoms. The van der Waals surface area contributed by atoms with E-state index in [1.54, 1.807) is 0 Å². The zero-order valence-corrected chi connectivity index (χ0v) is 9.95. The van der Waals surface area contributed by atoms with E-state index in [9.17, 15) is 4.79 Å². The molecule has 1 rings (SSSR count). The number of nitrogens with zero attached hydrogens (tertiary/aromatic N) is 1. The molecular formula is C13H22N2O. The summed E-state index contributed by atoms with van der Waals surface area (Å²) in [4.78, 5) is 14.2. The molecular weight excluding hydrogens is 200 g/mol. The second-order valence-electron chi connectivity index (χ2n) is 4.17. The van der Waals surface area contributed by atoms with Gasteiger partial charge >= 0.3 is 0 Å². The summed E-state index contributed by atoms with van der Waals surface area (Å²) in [5.41, 5.74) is 0. The van der Waals surface area contributed by atoms with E-state index in [-0.39, 0.29) is 11.8 Å². The minimum absolute atomic E-state index is 0.0353. The monoisotopic (exact) mass is 222 g/mol. The molecule has 0 aromatic carbocycles. The van der Waals surface area contributed by atoms with Crippen LogP contribution in [0.5, 0.6) is 0 Å². The quantitative estimate of drug-likeness (QED) is 0.716. The number of hydrogen-bond donors (Lipinski definition) is 1. The van der Waals surface area contributed by atoms with E-state index in [0.717, 1.165) is 45.4 Å². The number of carbonyl (C=O) groups excluding carboxylic acids is 1. The lowest BCUT2D eigenvalue weighted by molar-refractivity contribution is -0.135. The van der Waals surface area contributed by atoms with Gasteiger partial charge in [-0.25, -0.2) is 0 Å². The van der Waals surface area contributed by atoms with Gasteiger partial charge in [-0.15, -0.1) is 13.2 Å². The van der Waals surface area contributed by atoms with Gasteiger partial charge in [0.1, 0.15) is 0 Å². The number of allylic oxidation sites excluding steroid dienone is 2. The van der Waals surface area contributed by atoms with Gasteiger partial charge in [0.2, 0.25) is 5.91 Å². The molecule has 1 heterocycles. The molecule has 1 amide bonds. The zero-order chi connectivity index (χ0) is 11.8. The van der Waals surface area contributed by atoms with Crippen LogP contribution in [0, 0.1) is 5.92 Å². The molecule has 0 bridgehead atoms. The zero-order valence-electron chi connectivity index (χ0n) is 9.95. The molecule has 1 N–H and O–H groups in total. The van der Waals surface area contributed by atoms with E-state index in [0.29, 0.717) is 0 Å². The summed E-state index contributed by atoms with van der Waals surface area (Å²) >= 11 is 0. The maximum absolute atomic E-state index is 12.2. The fourth-order valence-electron chi connectivity index (χ4n) is 2.02. The first kappa shape index (κ1) is 13.0. The van der Waals surface area contributed by atoms with Crippen molar-refractivity contribution in [3.8, 4) is 0 Å². The van der Waals surface area contributed by atoms with Gasteiger partial charge in [-0.05, 0) is 25.8 Å². The molecule has 90 valence electrons. The standard InChI is InChI=1S/C13H22N2O/c1-3-6-12(7-4-2)13(16)15-10-5-8-14-9-11-15/h3-4,12,14H,1-2,5-11H2. The summed E-state index contributed by atoms with van der Waals surface area (Å²) in [5, 5.41) is 3.30. The van der Waals surface area contributed by atoms with Gasteiger partial charge in [-0.3, -0.25) is 4.79 Å². The van der Waals surface area contributed by atoms with Gasteiger partial charge in [0, 0.05) is 25.6 Å². The molecule has 3 nitrogen and oxygen atoms in total. The highest BCUT2D eigenvalue weighted by Gasteiger charge is 2.22. The smallest absolute Gasteiger partial charge is 0.226 e. The maximum atomic E-state index is 12.2. The van der Waals surface area contributed by atoms with E-state index in [2.05, 4.69) is 18.5 Å². The molecule has 0 aliphatic carbocycles. The molecule has 1 aliphatic heterocycles. The molecule has 1 aliphatic rings. The molecule has 16 heavy (non-hydrogen) atoms. The number of rotatable bonds is 5. The van der Waals surface area contributed by atoms with Crippen molar-refractivity contribution >= 4 is 5.91 Å². The Morgan fingerprint density at radius 3 is 2.56 bits per heavy atom. The molecule has 0 atom stereocenters. The third-order valence-electron chi connectivity index (χ3n) is 2.90. The van der Waals surface area contributed by atoms with Crippen LogP contribution in [0.15, 0.2) is 25.3 Å². The third-order valence-corrected chi connectivity index (χ3v) is 2.90. The van der Waals surface area contributed by atoms with Crippen LogP contribution in [0.2, 0.25) is 0 Å². The summed E-state index contributed by atoms with van der Waals surface area (Å²) in [5.74, 6) is 0.289. The molecule has 1 saturated heterocycles. The number of amides is 1. The third kappa shape index (κ3) is 3.81.